The molecular formula is C13H20N6O. The van der Waals surface area contributed by atoms with Crippen LogP contribution in [0.3, 0.4) is 0 Å². The monoisotopic (exact) mass is 276 g/mol. The van der Waals surface area contributed by atoms with Crippen LogP contribution in [0.5, 0.6) is 11.8 Å². The average molecular weight is 276 g/mol. The van der Waals surface area contributed by atoms with E-state index in [1.807, 2.05) is 6.92 Å². The highest BCUT2D eigenvalue weighted by Crippen LogP contribution is 2.22. The van der Waals surface area contributed by atoms with E-state index in [-0.39, 0.29) is 5.92 Å². The van der Waals surface area contributed by atoms with Crippen LogP contribution in [0.1, 0.15) is 38.2 Å². The molecule has 0 unspecified atom stereocenters. The quantitative estimate of drug-likeness (QED) is 0.864. The molecule has 108 valence electrons. The van der Waals surface area contributed by atoms with Crippen LogP contribution in [0.4, 0.5) is 0 Å². The lowest BCUT2D eigenvalue weighted by Gasteiger charge is -2.11. The minimum Gasteiger partial charge on any atom is -0.420 e. The van der Waals surface area contributed by atoms with E-state index >= 15 is 0 Å². The van der Waals surface area contributed by atoms with Gasteiger partial charge in [-0.05, 0) is 6.54 Å². The first kappa shape index (κ1) is 14.4. The molecule has 2 aromatic heterocycles. The minimum absolute atomic E-state index is 0.275. The molecule has 0 amide bonds. The normalized spacial score (nSPS) is 11.1. The van der Waals surface area contributed by atoms with Gasteiger partial charge in [-0.1, -0.05) is 20.8 Å². The zero-order chi connectivity index (χ0) is 14.5. The van der Waals surface area contributed by atoms with Crippen LogP contribution in [-0.4, -0.2) is 31.3 Å². The van der Waals surface area contributed by atoms with Crippen molar-refractivity contribution >= 4 is 0 Å². The molecule has 0 atom stereocenters. The van der Waals surface area contributed by atoms with Gasteiger partial charge in [0.1, 0.15) is 17.8 Å². The Kier molecular flexibility index (Phi) is 4.62. The number of aromatic nitrogens is 5. The molecule has 0 fully saturated rings. The fourth-order valence-corrected chi connectivity index (χ4v) is 1.62. The van der Waals surface area contributed by atoms with Crippen LogP contribution < -0.4 is 10.1 Å². The molecule has 0 aliphatic rings. The Morgan fingerprint density at radius 1 is 1.35 bits per heavy atom. The zero-order valence-corrected chi connectivity index (χ0v) is 12.3. The third kappa shape index (κ3) is 3.51. The molecule has 20 heavy (non-hydrogen) atoms. The number of nitrogens with one attached hydrogen (secondary N) is 1. The van der Waals surface area contributed by atoms with Gasteiger partial charge in [0.05, 0.1) is 6.20 Å². The van der Waals surface area contributed by atoms with Gasteiger partial charge in [-0.25, -0.2) is 9.97 Å². The highest BCUT2D eigenvalue weighted by atomic mass is 16.5. The predicted molar refractivity (Wildman–Crippen MR) is 74.6 cm³/mol. The molecule has 2 heterocycles. The molecule has 0 aromatic carbocycles. The average Bonchev–Trinajstić information content (AvgIpc) is 2.82. The first-order valence-corrected chi connectivity index (χ1v) is 6.70. The summed E-state index contributed by atoms with van der Waals surface area (Å²) in [5.41, 5.74) is 0.818. The summed E-state index contributed by atoms with van der Waals surface area (Å²) in [6.07, 6.45) is 3.27. The van der Waals surface area contributed by atoms with Crippen molar-refractivity contribution in [2.24, 2.45) is 7.05 Å². The number of rotatable bonds is 6. The van der Waals surface area contributed by atoms with Gasteiger partial charge in [0.25, 0.3) is 0 Å². The molecule has 0 bridgehead atoms. The maximum atomic E-state index is 5.65. The molecule has 7 heteroatoms. The molecular weight excluding hydrogens is 256 g/mol. The highest BCUT2D eigenvalue weighted by molar-refractivity contribution is 5.27. The maximum absolute atomic E-state index is 5.65. The minimum atomic E-state index is 0.275. The SMILES string of the molecule is CCNCc1nc(C(C)C)ncc1Oc1ncn(C)n1. The van der Waals surface area contributed by atoms with E-state index in [4.69, 9.17) is 4.74 Å². The molecule has 0 aliphatic carbocycles. The van der Waals surface area contributed by atoms with Crippen LogP contribution in [0.2, 0.25) is 0 Å². The van der Waals surface area contributed by atoms with Crippen molar-refractivity contribution in [2.45, 2.75) is 33.2 Å². The van der Waals surface area contributed by atoms with Gasteiger partial charge in [0, 0.05) is 19.5 Å². The van der Waals surface area contributed by atoms with Gasteiger partial charge in [0.15, 0.2) is 5.75 Å². The van der Waals surface area contributed by atoms with E-state index in [0.29, 0.717) is 18.3 Å². The Hall–Kier alpha value is -2.02. The van der Waals surface area contributed by atoms with E-state index < -0.39 is 0 Å². The fraction of sp³-hybridized carbons (Fsp3) is 0.538. The second-order valence-corrected chi connectivity index (χ2v) is 4.78. The third-order valence-electron chi connectivity index (χ3n) is 2.69. The van der Waals surface area contributed by atoms with Gasteiger partial charge in [-0.3, -0.25) is 4.68 Å². The van der Waals surface area contributed by atoms with Gasteiger partial charge in [-0.15, -0.1) is 5.10 Å². The van der Waals surface area contributed by atoms with Gasteiger partial charge < -0.3 is 10.1 Å². The summed E-state index contributed by atoms with van der Waals surface area (Å²) in [6, 6.07) is 0.297. The van der Waals surface area contributed by atoms with Crippen LogP contribution in [0, 0.1) is 0 Å². The molecule has 0 saturated heterocycles. The van der Waals surface area contributed by atoms with Crippen molar-refractivity contribution in [1.82, 2.24) is 30.0 Å². The Balaban J connectivity index is 2.25. The Morgan fingerprint density at radius 3 is 2.75 bits per heavy atom. The van der Waals surface area contributed by atoms with Gasteiger partial charge in [0.2, 0.25) is 0 Å². The molecule has 0 radical (unpaired) electrons. The van der Waals surface area contributed by atoms with Gasteiger partial charge in [-0.2, -0.15) is 4.98 Å². The molecule has 2 rings (SSSR count). The second kappa shape index (κ2) is 6.42. The van der Waals surface area contributed by atoms with Crippen LogP contribution in [0.15, 0.2) is 12.5 Å². The summed E-state index contributed by atoms with van der Waals surface area (Å²) in [4.78, 5) is 12.9. The first-order chi connectivity index (χ1) is 9.60. The Labute approximate surface area is 118 Å². The number of hydrogen-bond donors (Lipinski definition) is 1. The van der Waals surface area contributed by atoms with E-state index in [1.165, 1.54) is 0 Å². The van der Waals surface area contributed by atoms with Gasteiger partial charge >= 0.3 is 6.01 Å². The van der Waals surface area contributed by atoms with Crippen molar-refractivity contribution in [2.75, 3.05) is 6.54 Å². The van der Waals surface area contributed by atoms with Crippen molar-refractivity contribution in [3.05, 3.63) is 24.0 Å². The molecule has 0 saturated carbocycles. The summed E-state index contributed by atoms with van der Waals surface area (Å²) in [5.74, 6) is 1.66. The lowest BCUT2D eigenvalue weighted by atomic mass is 10.2. The summed E-state index contributed by atoms with van der Waals surface area (Å²) in [7, 11) is 1.79. The van der Waals surface area contributed by atoms with Crippen molar-refractivity contribution in [3.8, 4) is 11.8 Å². The van der Waals surface area contributed by atoms with Crippen LogP contribution >= 0.6 is 0 Å². The lowest BCUT2D eigenvalue weighted by molar-refractivity contribution is 0.424. The topological polar surface area (TPSA) is 77.8 Å². The molecule has 1 N–H and O–H groups in total. The number of aryl methyl sites for hydroxylation is 1. The van der Waals surface area contributed by atoms with E-state index in [1.54, 1.807) is 24.3 Å². The molecule has 0 aliphatic heterocycles. The summed E-state index contributed by atoms with van der Waals surface area (Å²) < 4.78 is 7.24. The molecule has 0 spiro atoms. The Morgan fingerprint density at radius 2 is 2.15 bits per heavy atom. The number of nitrogens with zero attached hydrogens (tertiary/aromatic N) is 5. The Bertz CT molecular complexity index is 566. The largest absolute Gasteiger partial charge is 0.420 e. The van der Waals surface area contributed by atoms with Crippen LogP contribution in [0.25, 0.3) is 0 Å². The smallest absolute Gasteiger partial charge is 0.341 e. The second-order valence-electron chi connectivity index (χ2n) is 4.78. The number of ether oxygens (including phenoxy) is 1. The van der Waals surface area contributed by atoms with E-state index in [9.17, 15) is 0 Å². The number of hydrogen-bond acceptors (Lipinski definition) is 6. The summed E-state index contributed by atoms with van der Waals surface area (Å²) in [6.45, 7) is 7.66. The fourth-order valence-electron chi connectivity index (χ4n) is 1.62. The zero-order valence-electron chi connectivity index (χ0n) is 12.3. The van der Waals surface area contributed by atoms with Crippen molar-refractivity contribution in [3.63, 3.8) is 0 Å². The first-order valence-electron chi connectivity index (χ1n) is 6.70. The summed E-state index contributed by atoms with van der Waals surface area (Å²) >= 11 is 0. The van der Waals surface area contributed by atoms with Crippen molar-refractivity contribution < 1.29 is 4.74 Å². The predicted octanol–water partition coefficient (Wildman–Crippen LogP) is 1.63. The van der Waals surface area contributed by atoms with Crippen molar-refractivity contribution in [1.29, 1.82) is 0 Å². The van der Waals surface area contributed by atoms with Crippen LogP contribution in [-0.2, 0) is 13.6 Å². The maximum Gasteiger partial charge on any atom is 0.341 e. The highest BCUT2D eigenvalue weighted by Gasteiger charge is 2.13. The summed E-state index contributed by atoms with van der Waals surface area (Å²) in [5, 5.41) is 7.34. The lowest BCUT2D eigenvalue weighted by Crippen LogP contribution is -2.15. The third-order valence-corrected chi connectivity index (χ3v) is 2.69. The van der Waals surface area contributed by atoms with E-state index in [0.717, 1.165) is 18.1 Å². The molecule has 2 aromatic rings. The standard InChI is InChI=1S/C13H20N6O/c1-5-14-6-10-11(7-15-12(17-10)9(2)3)20-13-16-8-19(4)18-13/h7-9,14H,5-6H2,1-4H3. The van der Waals surface area contributed by atoms with E-state index in [2.05, 4.69) is 39.2 Å². The molecule has 7 nitrogen and oxygen atoms in total.